The number of carbonyl (C=O) groups excluding carboxylic acids is 1. The van der Waals surface area contributed by atoms with Gasteiger partial charge in [0.15, 0.2) is 0 Å². The molecule has 1 amide bonds. The molecule has 0 unspecified atom stereocenters. The Hall–Kier alpha value is -1.55. The lowest BCUT2D eigenvalue weighted by molar-refractivity contribution is -0.116. The molecule has 1 aromatic rings. The van der Waals surface area contributed by atoms with Gasteiger partial charge in [-0.2, -0.15) is 0 Å². The zero-order valence-corrected chi connectivity index (χ0v) is 10.7. The normalized spacial score (nSPS) is 10.1. The van der Waals surface area contributed by atoms with Gasteiger partial charge in [-0.05, 0) is 44.6 Å². The van der Waals surface area contributed by atoms with Crippen molar-refractivity contribution >= 4 is 11.6 Å². The van der Waals surface area contributed by atoms with Gasteiger partial charge < -0.3 is 15.4 Å². The fourth-order valence-corrected chi connectivity index (χ4v) is 1.54. The Morgan fingerprint density at radius 1 is 1.41 bits per heavy atom. The molecule has 0 fully saturated rings. The average molecular weight is 236 g/mol. The maximum atomic E-state index is 11.6. The van der Waals surface area contributed by atoms with Crippen LogP contribution >= 0.6 is 0 Å². The van der Waals surface area contributed by atoms with Gasteiger partial charge in [0.25, 0.3) is 0 Å². The first-order valence-corrected chi connectivity index (χ1v) is 5.76. The van der Waals surface area contributed by atoms with E-state index in [4.69, 9.17) is 4.74 Å². The highest BCUT2D eigenvalue weighted by Crippen LogP contribution is 2.25. The number of hydrogen-bond acceptors (Lipinski definition) is 3. The highest BCUT2D eigenvalue weighted by atomic mass is 16.5. The first-order valence-electron chi connectivity index (χ1n) is 5.76. The standard InChI is InChI=1S/C13H20N2O2/c1-10-6-7-11(12(9-10)17-3)15-13(16)5-4-8-14-2/h6-7,9,14H,4-5,8H2,1-3H3,(H,15,16). The summed E-state index contributed by atoms with van der Waals surface area (Å²) in [6, 6.07) is 5.72. The largest absolute Gasteiger partial charge is 0.495 e. The number of rotatable bonds is 6. The molecule has 0 spiro atoms. The summed E-state index contributed by atoms with van der Waals surface area (Å²) in [4.78, 5) is 11.6. The van der Waals surface area contributed by atoms with Crippen LogP contribution in [0.2, 0.25) is 0 Å². The van der Waals surface area contributed by atoms with Gasteiger partial charge in [-0.1, -0.05) is 6.07 Å². The van der Waals surface area contributed by atoms with E-state index in [2.05, 4.69) is 10.6 Å². The van der Waals surface area contributed by atoms with E-state index in [1.165, 1.54) is 0 Å². The van der Waals surface area contributed by atoms with Gasteiger partial charge in [0.2, 0.25) is 5.91 Å². The van der Waals surface area contributed by atoms with Gasteiger partial charge in [0.05, 0.1) is 12.8 Å². The lowest BCUT2D eigenvalue weighted by Crippen LogP contribution is -2.15. The second-order valence-electron chi connectivity index (χ2n) is 3.96. The van der Waals surface area contributed by atoms with Crippen LogP contribution in [-0.2, 0) is 4.79 Å². The van der Waals surface area contributed by atoms with Crippen molar-refractivity contribution in [3.63, 3.8) is 0 Å². The number of benzene rings is 1. The van der Waals surface area contributed by atoms with Crippen molar-refractivity contribution in [2.45, 2.75) is 19.8 Å². The maximum absolute atomic E-state index is 11.6. The molecule has 17 heavy (non-hydrogen) atoms. The number of carbonyl (C=O) groups is 1. The molecule has 1 rings (SSSR count). The summed E-state index contributed by atoms with van der Waals surface area (Å²) in [7, 11) is 3.48. The molecule has 0 aromatic heterocycles. The smallest absolute Gasteiger partial charge is 0.224 e. The van der Waals surface area contributed by atoms with Gasteiger partial charge >= 0.3 is 0 Å². The fourth-order valence-electron chi connectivity index (χ4n) is 1.54. The molecule has 94 valence electrons. The Labute approximate surface area is 102 Å². The van der Waals surface area contributed by atoms with E-state index in [1.54, 1.807) is 7.11 Å². The third-order valence-electron chi connectivity index (χ3n) is 2.46. The van der Waals surface area contributed by atoms with Crippen LogP contribution in [-0.4, -0.2) is 26.6 Å². The Morgan fingerprint density at radius 3 is 2.82 bits per heavy atom. The molecule has 0 aliphatic carbocycles. The first-order chi connectivity index (χ1) is 8.17. The third-order valence-corrected chi connectivity index (χ3v) is 2.46. The van der Waals surface area contributed by atoms with Crippen molar-refractivity contribution in [3.05, 3.63) is 23.8 Å². The summed E-state index contributed by atoms with van der Waals surface area (Å²) in [5, 5.41) is 5.87. The summed E-state index contributed by atoms with van der Waals surface area (Å²) < 4.78 is 5.23. The molecule has 0 saturated heterocycles. The Balaban J connectivity index is 2.58. The molecule has 4 heteroatoms. The monoisotopic (exact) mass is 236 g/mol. The molecule has 0 atom stereocenters. The van der Waals surface area contributed by atoms with Crippen molar-refractivity contribution in [2.75, 3.05) is 26.0 Å². The molecular weight excluding hydrogens is 216 g/mol. The number of ether oxygens (including phenoxy) is 1. The number of hydrogen-bond donors (Lipinski definition) is 2. The van der Waals surface area contributed by atoms with Crippen LogP contribution in [0.25, 0.3) is 0 Å². The van der Waals surface area contributed by atoms with Crippen molar-refractivity contribution < 1.29 is 9.53 Å². The number of aryl methyl sites for hydroxylation is 1. The summed E-state index contributed by atoms with van der Waals surface area (Å²) in [6.07, 6.45) is 1.34. The summed E-state index contributed by atoms with van der Waals surface area (Å²) in [5.74, 6) is 0.717. The lowest BCUT2D eigenvalue weighted by atomic mass is 10.2. The average Bonchev–Trinajstić information content (AvgIpc) is 2.32. The van der Waals surface area contributed by atoms with Crippen LogP contribution in [0.5, 0.6) is 5.75 Å². The molecule has 0 radical (unpaired) electrons. The van der Waals surface area contributed by atoms with Crippen molar-refractivity contribution in [2.24, 2.45) is 0 Å². The summed E-state index contributed by atoms with van der Waals surface area (Å²) in [5.41, 5.74) is 1.84. The topological polar surface area (TPSA) is 50.4 Å². The minimum Gasteiger partial charge on any atom is -0.495 e. The second kappa shape index (κ2) is 6.91. The van der Waals surface area contributed by atoms with Crippen molar-refractivity contribution in [1.29, 1.82) is 0 Å². The zero-order chi connectivity index (χ0) is 12.7. The van der Waals surface area contributed by atoms with Crippen molar-refractivity contribution in [3.8, 4) is 5.75 Å². The second-order valence-corrected chi connectivity index (χ2v) is 3.96. The fraction of sp³-hybridized carbons (Fsp3) is 0.462. The van der Waals surface area contributed by atoms with E-state index < -0.39 is 0 Å². The van der Waals surface area contributed by atoms with E-state index in [-0.39, 0.29) is 5.91 Å². The van der Waals surface area contributed by atoms with E-state index in [0.717, 1.165) is 24.2 Å². The minimum atomic E-state index is 0.0161. The molecule has 0 saturated carbocycles. The van der Waals surface area contributed by atoms with Crippen LogP contribution in [0.15, 0.2) is 18.2 Å². The molecule has 0 heterocycles. The highest BCUT2D eigenvalue weighted by Gasteiger charge is 2.07. The van der Waals surface area contributed by atoms with Crippen LogP contribution in [0.4, 0.5) is 5.69 Å². The van der Waals surface area contributed by atoms with E-state index >= 15 is 0 Å². The molecule has 4 nitrogen and oxygen atoms in total. The number of nitrogens with one attached hydrogen (secondary N) is 2. The van der Waals surface area contributed by atoms with Crippen molar-refractivity contribution in [1.82, 2.24) is 5.32 Å². The predicted octanol–water partition coefficient (Wildman–Crippen LogP) is 1.94. The molecule has 0 bridgehead atoms. The third kappa shape index (κ3) is 4.44. The number of amides is 1. The van der Waals surface area contributed by atoms with Gasteiger partial charge in [0, 0.05) is 6.42 Å². The zero-order valence-electron chi connectivity index (χ0n) is 10.7. The quantitative estimate of drug-likeness (QED) is 0.742. The van der Waals surface area contributed by atoms with E-state index in [9.17, 15) is 4.79 Å². The number of methoxy groups -OCH3 is 1. The van der Waals surface area contributed by atoms with Gasteiger partial charge in [-0.15, -0.1) is 0 Å². The lowest BCUT2D eigenvalue weighted by Gasteiger charge is -2.10. The molecule has 0 aliphatic heterocycles. The number of anilines is 1. The molecule has 1 aromatic carbocycles. The Bertz CT molecular complexity index is 378. The summed E-state index contributed by atoms with van der Waals surface area (Å²) in [6.45, 7) is 2.83. The molecule has 2 N–H and O–H groups in total. The Morgan fingerprint density at radius 2 is 2.18 bits per heavy atom. The minimum absolute atomic E-state index is 0.0161. The van der Waals surface area contributed by atoms with Gasteiger partial charge in [-0.25, -0.2) is 0 Å². The van der Waals surface area contributed by atoms with Gasteiger partial charge in [-0.3, -0.25) is 4.79 Å². The highest BCUT2D eigenvalue weighted by molar-refractivity contribution is 5.92. The SMILES string of the molecule is CNCCCC(=O)Nc1ccc(C)cc1OC. The van der Waals surface area contributed by atoms with Crippen LogP contribution in [0.3, 0.4) is 0 Å². The van der Waals surface area contributed by atoms with Crippen LogP contribution in [0, 0.1) is 6.92 Å². The molecular formula is C13H20N2O2. The summed E-state index contributed by atoms with van der Waals surface area (Å²) >= 11 is 0. The van der Waals surface area contributed by atoms with E-state index in [0.29, 0.717) is 12.2 Å². The predicted molar refractivity (Wildman–Crippen MR) is 69.5 cm³/mol. The van der Waals surface area contributed by atoms with E-state index in [1.807, 2.05) is 32.2 Å². The molecule has 0 aliphatic rings. The maximum Gasteiger partial charge on any atom is 0.224 e. The van der Waals surface area contributed by atoms with Crippen LogP contribution < -0.4 is 15.4 Å². The van der Waals surface area contributed by atoms with Gasteiger partial charge in [0.1, 0.15) is 5.75 Å². The Kier molecular flexibility index (Phi) is 5.49. The van der Waals surface area contributed by atoms with Crippen LogP contribution in [0.1, 0.15) is 18.4 Å². The first kappa shape index (κ1) is 13.5.